The van der Waals surface area contributed by atoms with Gasteiger partial charge in [0, 0.05) is 13.1 Å². The van der Waals surface area contributed by atoms with Gasteiger partial charge in [-0.2, -0.15) is 5.10 Å². The summed E-state index contributed by atoms with van der Waals surface area (Å²) in [6.07, 6.45) is 3.35. The first kappa shape index (κ1) is 11.2. The molecule has 0 spiro atoms. The number of rotatable bonds is 3. The molecule has 84 valence electrons. The van der Waals surface area contributed by atoms with Gasteiger partial charge in [0.25, 0.3) is 0 Å². The van der Waals surface area contributed by atoms with Crippen molar-refractivity contribution >= 4 is 23.2 Å². The van der Waals surface area contributed by atoms with Crippen molar-refractivity contribution in [2.75, 3.05) is 0 Å². The molecule has 0 N–H and O–H groups in total. The smallest absolute Gasteiger partial charge is 0.219 e. The summed E-state index contributed by atoms with van der Waals surface area (Å²) in [7, 11) is 1.81. The maximum absolute atomic E-state index is 5.88. The van der Waals surface area contributed by atoms with Crippen molar-refractivity contribution in [3.8, 4) is 11.6 Å². The zero-order valence-electron chi connectivity index (χ0n) is 8.52. The summed E-state index contributed by atoms with van der Waals surface area (Å²) in [4.78, 5) is 4.17. The Labute approximate surface area is 103 Å². The predicted octanol–water partition coefficient (Wildman–Crippen LogP) is 3.00. The topological polar surface area (TPSA) is 39.9 Å². The van der Waals surface area contributed by atoms with E-state index in [4.69, 9.17) is 27.9 Å². The van der Waals surface area contributed by atoms with Crippen molar-refractivity contribution < 1.29 is 4.74 Å². The van der Waals surface area contributed by atoms with E-state index in [1.54, 1.807) is 29.2 Å². The lowest BCUT2D eigenvalue weighted by molar-refractivity contribution is 0.461. The lowest BCUT2D eigenvalue weighted by Gasteiger charge is -2.04. The number of ether oxygens (including phenoxy) is 1. The summed E-state index contributed by atoms with van der Waals surface area (Å²) in [5, 5.41) is 4.52. The van der Waals surface area contributed by atoms with Gasteiger partial charge in [-0.15, -0.1) is 11.6 Å². The second-order valence-corrected chi connectivity index (χ2v) is 3.84. The van der Waals surface area contributed by atoms with Crippen LogP contribution in [0, 0.1) is 0 Å². The molecule has 2 rings (SSSR count). The van der Waals surface area contributed by atoms with E-state index < -0.39 is 0 Å². The zero-order chi connectivity index (χ0) is 11.5. The van der Waals surface area contributed by atoms with Gasteiger partial charge in [-0.3, -0.25) is 4.68 Å². The zero-order valence-corrected chi connectivity index (χ0v) is 10.0. The van der Waals surface area contributed by atoms with E-state index in [9.17, 15) is 0 Å². The predicted molar refractivity (Wildman–Crippen MR) is 62.1 cm³/mol. The molecule has 0 aliphatic carbocycles. The molecule has 0 atom stereocenters. The van der Waals surface area contributed by atoms with Gasteiger partial charge in [-0.1, -0.05) is 11.6 Å². The van der Waals surface area contributed by atoms with Crippen molar-refractivity contribution in [1.29, 1.82) is 0 Å². The first-order valence-electron chi connectivity index (χ1n) is 4.57. The van der Waals surface area contributed by atoms with Crippen molar-refractivity contribution in [2.45, 2.75) is 5.88 Å². The second kappa shape index (κ2) is 4.72. The SMILES string of the molecule is Cn1cc(Oc2ccc(Cl)c(CCl)n2)cn1. The third kappa shape index (κ3) is 2.46. The Morgan fingerprint density at radius 3 is 2.88 bits per heavy atom. The third-order valence-electron chi connectivity index (χ3n) is 1.92. The molecule has 0 aromatic carbocycles. The van der Waals surface area contributed by atoms with Crippen LogP contribution in [0.25, 0.3) is 0 Å². The summed E-state index contributed by atoms with van der Waals surface area (Å²) in [6, 6.07) is 3.39. The van der Waals surface area contributed by atoms with Crippen LogP contribution in [0.4, 0.5) is 0 Å². The number of hydrogen-bond acceptors (Lipinski definition) is 3. The number of hydrogen-bond donors (Lipinski definition) is 0. The lowest BCUT2D eigenvalue weighted by atomic mass is 10.4. The van der Waals surface area contributed by atoms with Gasteiger partial charge in [0.05, 0.1) is 29.0 Å². The van der Waals surface area contributed by atoms with Gasteiger partial charge in [0.2, 0.25) is 5.88 Å². The van der Waals surface area contributed by atoms with Crippen LogP contribution in [0.2, 0.25) is 5.02 Å². The molecule has 2 aromatic heterocycles. The first-order chi connectivity index (χ1) is 7.69. The number of aryl methyl sites for hydroxylation is 1. The van der Waals surface area contributed by atoms with Crippen molar-refractivity contribution in [3.05, 3.63) is 35.2 Å². The molecule has 0 bridgehead atoms. The van der Waals surface area contributed by atoms with Gasteiger partial charge in [0.15, 0.2) is 5.75 Å². The largest absolute Gasteiger partial charge is 0.436 e. The Morgan fingerprint density at radius 1 is 1.44 bits per heavy atom. The van der Waals surface area contributed by atoms with E-state index in [-0.39, 0.29) is 5.88 Å². The van der Waals surface area contributed by atoms with Crippen LogP contribution in [0.3, 0.4) is 0 Å². The van der Waals surface area contributed by atoms with Gasteiger partial charge in [-0.25, -0.2) is 4.98 Å². The molecule has 0 unspecified atom stereocenters. The summed E-state index contributed by atoms with van der Waals surface area (Å²) < 4.78 is 7.13. The summed E-state index contributed by atoms with van der Waals surface area (Å²) in [6.45, 7) is 0. The molecule has 6 heteroatoms. The van der Waals surface area contributed by atoms with Crippen molar-refractivity contribution in [1.82, 2.24) is 14.8 Å². The lowest BCUT2D eigenvalue weighted by Crippen LogP contribution is -1.92. The van der Waals surface area contributed by atoms with Gasteiger partial charge in [-0.05, 0) is 6.07 Å². The molecule has 0 saturated heterocycles. The quantitative estimate of drug-likeness (QED) is 0.794. The van der Waals surface area contributed by atoms with Crippen LogP contribution in [0.1, 0.15) is 5.69 Å². The highest BCUT2D eigenvalue weighted by Gasteiger charge is 2.05. The highest BCUT2D eigenvalue weighted by molar-refractivity contribution is 6.32. The average Bonchev–Trinajstić information content (AvgIpc) is 2.67. The Bertz CT molecular complexity index is 499. The summed E-state index contributed by atoms with van der Waals surface area (Å²) in [5.74, 6) is 1.33. The van der Waals surface area contributed by atoms with Gasteiger partial charge in [0.1, 0.15) is 0 Å². The van der Waals surface area contributed by atoms with E-state index in [2.05, 4.69) is 10.1 Å². The fourth-order valence-corrected chi connectivity index (χ4v) is 1.63. The highest BCUT2D eigenvalue weighted by atomic mass is 35.5. The molecule has 0 radical (unpaired) electrons. The minimum Gasteiger partial charge on any atom is -0.436 e. The van der Waals surface area contributed by atoms with Crippen LogP contribution in [0.5, 0.6) is 11.6 Å². The monoisotopic (exact) mass is 257 g/mol. The Kier molecular flexibility index (Phi) is 3.31. The standard InChI is InChI=1S/C10H9Cl2N3O/c1-15-6-7(5-13-15)16-10-3-2-8(12)9(4-11)14-10/h2-3,5-6H,4H2,1H3. The molecule has 0 aliphatic rings. The number of aromatic nitrogens is 3. The Hall–Kier alpha value is -1.26. The molecule has 0 amide bonds. The maximum atomic E-state index is 5.88. The fraction of sp³-hybridized carbons (Fsp3) is 0.200. The van der Waals surface area contributed by atoms with E-state index in [0.717, 1.165) is 0 Å². The van der Waals surface area contributed by atoms with E-state index >= 15 is 0 Å². The van der Waals surface area contributed by atoms with E-state index in [0.29, 0.717) is 22.3 Å². The number of halogens is 2. The summed E-state index contributed by atoms with van der Waals surface area (Å²) in [5.41, 5.74) is 0.602. The molecule has 0 fully saturated rings. The second-order valence-electron chi connectivity index (χ2n) is 3.16. The van der Waals surface area contributed by atoms with Crippen LogP contribution in [-0.2, 0) is 12.9 Å². The maximum Gasteiger partial charge on any atom is 0.219 e. The summed E-state index contributed by atoms with van der Waals surface area (Å²) >= 11 is 11.6. The minimum atomic E-state index is 0.253. The Balaban J connectivity index is 2.21. The fourth-order valence-electron chi connectivity index (χ4n) is 1.19. The van der Waals surface area contributed by atoms with Crippen LogP contribution in [-0.4, -0.2) is 14.8 Å². The molecule has 2 aromatic rings. The highest BCUT2D eigenvalue weighted by Crippen LogP contribution is 2.23. The molecule has 16 heavy (non-hydrogen) atoms. The third-order valence-corrected chi connectivity index (χ3v) is 2.52. The molecule has 0 aliphatic heterocycles. The molecule has 2 heterocycles. The minimum absolute atomic E-state index is 0.253. The van der Waals surface area contributed by atoms with Gasteiger partial charge >= 0.3 is 0 Å². The number of alkyl halides is 1. The molecular formula is C10H9Cl2N3O. The van der Waals surface area contributed by atoms with Crippen molar-refractivity contribution in [2.24, 2.45) is 7.05 Å². The first-order valence-corrected chi connectivity index (χ1v) is 5.48. The van der Waals surface area contributed by atoms with E-state index in [1.807, 2.05) is 7.05 Å². The van der Waals surface area contributed by atoms with E-state index in [1.165, 1.54) is 0 Å². The van der Waals surface area contributed by atoms with Crippen LogP contribution < -0.4 is 4.74 Å². The van der Waals surface area contributed by atoms with Crippen LogP contribution >= 0.6 is 23.2 Å². The Morgan fingerprint density at radius 2 is 2.25 bits per heavy atom. The normalized spacial score (nSPS) is 10.4. The van der Waals surface area contributed by atoms with Gasteiger partial charge < -0.3 is 4.74 Å². The van der Waals surface area contributed by atoms with Crippen LogP contribution in [0.15, 0.2) is 24.5 Å². The van der Waals surface area contributed by atoms with Crippen molar-refractivity contribution in [3.63, 3.8) is 0 Å². The average molecular weight is 258 g/mol. The molecular weight excluding hydrogens is 249 g/mol. The molecule has 0 saturated carbocycles. The molecule has 4 nitrogen and oxygen atoms in total. The number of nitrogens with zero attached hydrogens (tertiary/aromatic N) is 3. The number of pyridine rings is 1.